The predicted molar refractivity (Wildman–Crippen MR) is 88.2 cm³/mol. The first kappa shape index (κ1) is 15.2. The molecule has 124 valence electrons. The maximum absolute atomic E-state index is 12.9. The first-order chi connectivity index (χ1) is 11.6. The molecule has 4 rings (SSSR count). The smallest absolute Gasteiger partial charge is 0.243 e. The molecule has 24 heavy (non-hydrogen) atoms. The second-order valence-corrected chi connectivity index (χ2v) is 7.76. The monoisotopic (exact) mass is 344 g/mol. The van der Waals surface area contributed by atoms with Crippen LogP contribution in [0.2, 0.25) is 0 Å². The zero-order chi connectivity index (χ0) is 16.7. The molecular formula is C17H16N2O4S. The van der Waals surface area contributed by atoms with Crippen molar-refractivity contribution < 1.29 is 17.9 Å². The number of carbonyl (C=O) groups excluding carboxylic acids is 1. The maximum Gasteiger partial charge on any atom is 0.243 e. The first-order valence-electron chi connectivity index (χ1n) is 7.69. The van der Waals surface area contributed by atoms with E-state index in [2.05, 4.69) is 5.32 Å². The van der Waals surface area contributed by atoms with Crippen molar-refractivity contribution in [2.45, 2.75) is 23.5 Å². The molecule has 7 heteroatoms. The average Bonchev–Trinajstić information content (AvgIpc) is 3.03. The minimum Gasteiger partial charge on any atom is -0.487 e. The van der Waals surface area contributed by atoms with Gasteiger partial charge in [-0.2, -0.15) is 4.31 Å². The Morgan fingerprint density at radius 1 is 1.04 bits per heavy atom. The summed E-state index contributed by atoms with van der Waals surface area (Å²) in [6.45, 7) is 0.156. The van der Waals surface area contributed by atoms with E-state index < -0.39 is 16.1 Å². The van der Waals surface area contributed by atoms with Crippen molar-refractivity contribution in [3.63, 3.8) is 0 Å². The number of benzene rings is 2. The van der Waals surface area contributed by atoms with Gasteiger partial charge in [-0.25, -0.2) is 8.42 Å². The van der Waals surface area contributed by atoms with E-state index in [0.717, 1.165) is 0 Å². The van der Waals surface area contributed by atoms with E-state index in [-0.39, 0.29) is 23.5 Å². The molecule has 1 fully saturated rings. The third kappa shape index (κ3) is 2.46. The number of amides is 1. The van der Waals surface area contributed by atoms with Crippen molar-refractivity contribution in [1.29, 1.82) is 0 Å². The van der Waals surface area contributed by atoms with Gasteiger partial charge >= 0.3 is 0 Å². The van der Waals surface area contributed by atoms with Crippen molar-refractivity contribution in [3.8, 4) is 5.75 Å². The van der Waals surface area contributed by atoms with Crippen LogP contribution >= 0.6 is 0 Å². The molecule has 2 aromatic rings. The van der Waals surface area contributed by atoms with E-state index in [4.69, 9.17) is 4.74 Å². The van der Waals surface area contributed by atoms with Gasteiger partial charge in [-0.05, 0) is 24.3 Å². The molecule has 1 N–H and O–H groups in total. The van der Waals surface area contributed by atoms with Gasteiger partial charge < -0.3 is 10.1 Å². The molecule has 6 nitrogen and oxygen atoms in total. The molecule has 0 spiro atoms. The summed E-state index contributed by atoms with van der Waals surface area (Å²) in [7, 11) is -3.75. The lowest BCUT2D eigenvalue weighted by Gasteiger charge is -2.23. The zero-order valence-corrected chi connectivity index (χ0v) is 13.6. The second-order valence-electron chi connectivity index (χ2n) is 5.86. The van der Waals surface area contributed by atoms with E-state index in [1.54, 1.807) is 36.4 Å². The first-order valence-corrected chi connectivity index (χ1v) is 9.13. The number of hydrogen-bond donors (Lipinski definition) is 1. The number of fused-ring (bicyclic) bond motifs is 3. The summed E-state index contributed by atoms with van der Waals surface area (Å²) in [6, 6.07) is 14.5. The summed E-state index contributed by atoms with van der Waals surface area (Å²) in [4.78, 5) is 12.8. The third-order valence-electron chi connectivity index (χ3n) is 4.31. The highest BCUT2D eigenvalue weighted by Crippen LogP contribution is 2.34. The van der Waals surface area contributed by atoms with Crippen molar-refractivity contribution in [2.75, 3.05) is 11.9 Å². The van der Waals surface area contributed by atoms with Gasteiger partial charge in [0.05, 0.1) is 17.1 Å². The minimum absolute atomic E-state index is 0.156. The quantitative estimate of drug-likeness (QED) is 0.902. The van der Waals surface area contributed by atoms with Gasteiger partial charge in [-0.15, -0.1) is 0 Å². The van der Waals surface area contributed by atoms with Gasteiger partial charge in [0.25, 0.3) is 0 Å². The molecule has 2 aliphatic rings. The Kier molecular flexibility index (Phi) is 3.54. The van der Waals surface area contributed by atoms with E-state index in [1.807, 2.05) is 6.07 Å². The fourth-order valence-corrected chi connectivity index (χ4v) is 4.81. The Morgan fingerprint density at radius 2 is 1.75 bits per heavy atom. The Balaban J connectivity index is 1.71. The van der Waals surface area contributed by atoms with Crippen molar-refractivity contribution in [2.24, 2.45) is 0 Å². The number of hydrogen-bond acceptors (Lipinski definition) is 4. The number of rotatable bonds is 2. The molecule has 0 saturated carbocycles. The summed E-state index contributed by atoms with van der Waals surface area (Å²) in [6.07, 6.45) is -0.00707. The van der Waals surface area contributed by atoms with E-state index in [0.29, 0.717) is 17.9 Å². The molecule has 1 saturated heterocycles. The van der Waals surface area contributed by atoms with Crippen molar-refractivity contribution in [3.05, 3.63) is 54.6 Å². The fraction of sp³-hybridized carbons (Fsp3) is 0.235. The van der Waals surface area contributed by atoms with Crippen LogP contribution in [0.5, 0.6) is 5.75 Å². The van der Waals surface area contributed by atoms with Gasteiger partial charge in [0, 0.05) is 6.42 Å². The van der Waals surface area contributed by atoms with E-state index in [1.165, 1.54) is 16.4 Å². The molecule has 0 aliphatic carbocycles. The number of sulfonamides is 1. The Hall–Kier alpha value is -2.38. The average molecular weight is 344 g/mol. The maximum atomic E-state index is 12.9. The molecule has 2 atom stereocenters. The number of ether oxygens (including phenoxy) is 1. The number of nitrogens with zero attached hydrogens (tertiary/aromatic N) is 1. The number of para-hydroxylation sites is 2. The molecule has 2 aliphatic heterocycles. The summed E-state index contributed by atoms with van der Waals surface area (Å²) in [5.74, 6) is 0.237. The van der Waals surface area contributed by atoms with Crippen LogP contribution in [0.1, 0.15) is 6.42 Å². The van der Waals surface area contributed by atoms with E-state index >= 15 is 0 Å². The summed E-state index contributed by atoms with van der Waals surface area (Å²) < 4.78 is 33.0. The number of anilines is 1. The number of carbonyl (C=O) groups is 1. The van der Waals surface area contributed by atoms with Gasteiger partial charge in [0.1, 0.15) is 17.9 Å². The molecule has 2 heterocycles. The summed E-state index contributed by atoms with van der Waals surface area (Å²) in [5, 5.41) is 2.77. The molecule has 0 aromatic heterocycles. The molecular weight excluding hydrogens is 328 g/mol. The molecule has 0 unspecified atom stereocenters. The standard InChI is InChI=1S/C17H16N2O4S/c20-17-15-10-12(23-16-9-5-4-8-14(16)18-17)11-19(15)24(21,22)13-6-2-1-3-7-13/h1-9,12,15H,10-11H2,(H,18,20)/t12-,15-/m0/s1. The summed E-state index contributed by atoms with van der Waals surface area (Å²) in [5.41, 5.74) is 0.566. The normalized spacial score (nSPS) is 23.6. The zero-order valence-electron chi connectivity index (χ0n) is 12.8. The van der Waals surface area contributed by atoms with Gasteiger partial charge in [0.2, 0.25) is 15.9 Å². The summed E-state index contributed by atoms with van der Waals surface area (Å²) >= 11 is 0. The van der Waals surface area contributed by atoms with Crippen LogP contribution in [0, 0.1) is 0 Å². The Bertz CT molecular complexity index is 882. The highest BCUT2D eigenvalue weighted by molar-refractivity contribution is 7.89. The lowest BCUT2D eigenvalue weighted by molar-refractivity contribution is -0.119. The van der Waals surface area contributed by atoms with Crippen LogP contribution in [0.25, 0.3) is 0 Å². The van der Waals surface area contributed by atoms with Gasteiger partial charge in [0.15, 0.2) is 0 Å². The van der Waals surface area contributed by atoms with Gasteiger partial charge in [-0.1, -0.05) is 30.3 Å². The molecule has 2 aromatic carbocycles. The number of nitrogens with one attached hydrogen (secondary N) is 1. The van der Waals surface area contributed by atoms with Crippen LogP contribution in [-0.2, 0) is 14.8 Å². The second kappa shape index (κ2) is 5.61. The van der Waals surface area contributed by atoms with Crippen LogP contribution in [0.15, 0.2) is 59.5 Å². The Morgan fingerprint density at radius 3 is 2.54 bits per heavy atom. The highest BCUT2D eigenvalue weighted by Gasteiger charge is 2.46. The lowest BCUT2D eigenvalue weighted by Crippen LogP contribution is -2.43. The topological polar surface area (TPSA) is 75.7 Å². The minimum atomic E-state index is -3.75. The molecule has 2 bridgehead atoms. The van der Waals surface area contributed by atoms with Crippen LogP contribution < -0.4 is 10.1 Å². The largest absolute Gasteiger partial charge is 0.487 e. The lowest BCUT2D eigenvalue weighted by atomic mass is 10.1. The Labute approximate surface area is 140 Å². The van der Waals surface area contributed by atoms with Gasteiger partial charge in [-0.3, -0.25) is 4.79 Å². The van der Waals surface area contributed by atoms with Crippen LogP contribution in [-0.4, -0.2) is 37.3 Å². The highest BCUT2D eigenvalue weighted by atomic mass is 32.2. The van der Waals surface area contributed by atoms with Crippen molar-refractivity contribution in [1.82, 2.24) is 4.31 Å². The SMILES string of the molecule is O=C1Nc2ccccc2O[C@H]2C[C@@H]1N(S(=O)(=O)c1ccccc1)C2. The van der Waals surface area contributed by atoms with Crippen LogP contribution in [0.4, 0.5) is 5.69 Å². The predicted octanol–water partition coefficient (Wildman–Crippen LogP) is 1.85. The van der Waals surface area contributed by atoms with E-state index in [9.17, 15) is 13.2 Å². The fourth-order valence-electron chi connectivity index (χ4n) is 3.15. The molecule has 0 radical (unpaired) electrons. The van der Waals surface area contributed by atoms with Crippen LogP contribution in [0.3, 0.4) is 0 Å². The third-order valence-corrected chi connectivity index (χ3v) is 6.20. The van der Waals surface area contributed by atoms with Crippen molar-refractivity contribution >= 4 is 21.6 Å². The molecule has 1 amide bonds.